The molecule has 2 unspecified atom stereocenters. The number of benzene rings is 1. The van der Waals surface area contributed by atoms with Gasteiger partial charge in [0.2, 0.25) is 0 Å². The van der Waals surface area contributed by atoms with Gasteiger partial charge in [0, 0.05) is 42.6 Å². The smallest absolute Gasteiger partial charge is 0.277 e. The van der Waals surface area contributed by atoms with Crippen LogP contribution in [0.25, 0.3) is 10.8 Å². The predicted molar refractivity (Wildman–Crippen MR) is 72.6 cm³/mol. The summed E-state index contributed by atoms with van der Waals surface area (Å²) in [6.07, 6.45) is 1.45. The van der Waals surface area contributed by atoms with Crippen LogP contribution in [0.1, 0.15) is 0 Å². The average molecular weight is 275 g/mol. The van der Waals surface area contributed by atoms with Gasteiger partial charge in [0.25, 0.3) is 5.69 Å². The van der Waals surface area contributed by atoms with Crippen molar-refractivity contribution in [2.45, 2.75) is 12.2 Å². The summed E-state index contributed by atoms with van der Waals surface area (Å²) < 4.78 is 0. The minimum Gasteiger partial charge on any atom is -0.389 e. The first-order valence-electron chi connectivity index (χ1n) is 6.20. The van der Waals surface area contributed by atoms with E-state index in [4.69, 9.17) is 0 Å². The molecule has 3 rings (SSSR count). The number of hydrogen-bond donors (Lipinski definition) is 2. The maximum absolute atomic E-state index is 11.0. The summed E-state index contributed by atoms with van der Waals surface area (Å²) in [4.78, 5) is 16.4. The van der Waals surface area contributed by atoms with Crippen LogP contribution >= 0.6 is 0 Å². The quantitative estimate of drug-likeness (QED) is 0.617. The molecule has 1 aliphatic heterocycles. The van der Waals surface area contributed by atoms with E-state index in [0.717, 1.165) is 5.69 Å². The first-order valence-corrected chi connectivity index (χ1v) is 6.20. The van der Waals surface area contributed by atoms with Crippen LogP contribution in [0, 0.1) is 10.1 Å². The predicted octanol–water partition coefficient (Wildman–Crippen LogP) is 0.685. The topological polar surface area (TPSA) is 99.7 Å². The van der Waals surface area contributed by atoms with Gasteiger partial charge in [-0.1, -0.05) is 0 Å². The van der Waals surface area contributed by atoms with E-state index < -0.39 is 17.1 Å². The maximum Gasteiger partial charge on any atom is 0.277 e. The zero-order chi connectivity index (χ0) is 14.3. The number of pyridine rings is 1. The van der Waals surface area contributed by atoms with Crippen LogP contribution in [-0.4, -0.2) is 45.4 Å². The van der Waals surface area contributed by atoms with E-state index in [9.17, 15) is 20.3 Å². The summed E-state index contributed by atoms with van der Waals surface area (Å²) in [5.74, 6) is 0. The van der Waals surface area contributed by atoms with Gasteiger partial charge in [-0.2, -0.15) is 0 Å². The first kappa shape index (κ1) is 12.8. The molecule has 2 atom stereocenters. The zero-order valence-corrected chi connectivity index (χ0v) is 10.5. The fourth-order valence-electron chi connectivity index (χ4n) is 2.56. The maximum atomic E-state index is 11.0. The minimum atomic E-state index is -0.808. The number of aliphatic hydroxyl groups excluding tert-OH is 2. The number of nitrogens with zero attached hydrogens (tertiary/aromatic N) is 3. The molecule has 20 heavy (non-hydrogen) atoms. The van der Waals surface area contributed by atoms with E-state index in [-0.39, 0.29) is 5.69 Å². The monoisotopic (exact) mass is 275 g/mol. The number of aliphatic hydroxyl groups is 2. The third kappa shape index (κ3) is 1.97. The standard InChI is InChI=1S/C13H13N3O4/c17-12-6-15(7-13(12)18)10-1-2-11(16(19)20)8-3-4-14-5-9(8)10/h1-5,12-13,17-18H,6-7H2. The number of fused-ring (bicyclic) bond motifs is 1. The second kappa shape index (κ2) is 4.69. The van der Waals surface area contributed by atoms with Gasteiger partial charge < -0.3 is 15.1 Å². The van der Waals surface area contributed by atoms with Crippen LogP contribution in [0.4, 0.5) is 11.4 Å². The summed E-state index contributed by atoms with van der Waals surface area (Å²) in [5.41, 5.74) is 0.751. The summed E-state index contributed by atoms with van der Waals surface area (Å²) in [7, 11) is 0. The summed E-state index contributed by atoms with van der Waals surface area (Å²) in [5, 5.41) is 31.4. The molecule has 1 fully saturated rings. The molecule has 104 valence electrons. The zero-order valence-electron chi connectivity index (χ0n) is 10.5. The number of aromatic nitrogens is 1. The molecule has 2 aromatic rings. The lowest BCUT2D eigenvalue weighted by atomic mass is 10.1. The molecule has 1 saturated heterocycles. The highest BCUT2D eigenvalue weighted by Crippen LogP contribution is 2.34. The molecule has 0 radical (unpaired) electrons. The van der Waals surface area contributed by atoms with Gasteiger partial charge in [-0.15, -0.1) is 0 Å². The molecule has 2 N–H and O–H groups in total. The number of non-ortho nitro benzene ring substituents is 1. The Balaban J connectivity index is 2.14. The number of anilines is 1. The average Bonchev–Trinajstić information content (AvgIpc) is 2.77. The Morgan fingerprint density at radius 1 is 1.20 bits per heavy atom. The molecule has 7 nitrogen and oxygen atoms in total. The van der Waals surface area contributed by atoms with Crippen molar-refractivity contribution in [2.24, 2.45) is 0 Å². The van der Waals surface area contributed by atoms with Gasteiger partial charge in [0.15, 0.2) is 0 Å². The van der Waals surface area contributed by atoms with Crippen molar-refractivity contribution in [3.05, 3.63) is 40.7 Å². The normalized spacial score (nSPS) is 22.4. The van der Waals surface area contributed by atoms with Crippen molar-refractivity contribution in [1.29, 1.82) is 0 Å². The molecule has 0 aliphatic carbocycles. The molecule has 7 heteroatoms. The molecule has 1 aliphatic rings. The van der Waals surface area contributed by atoms with Crippen LogP contribution in [-0.2, 0) is 0 Å². The van der Waals surface area contributed by atoms with E-state index in [2.05, 4.69) is 4.98 Å². The van der Waals surface area contributed by atoms with Crippen LogP contribution in [0.15, 0.2) is 30.6 Å². The summed E-state index contributed by atoms with van der Waals surface area (Å²) in [6, 6.07) is 4.67. The minimum absolute atomic E-state index is 0.0199. The second-order valence-electron chi connectivity index (χ2n) is 4.82. The van der Waals surface area contributed by atoms with Crippen molar-refractivity contribution >= 4 is 22.1 Å². The van der Waals surface area contributed by atoms with E-state index >= 15 is 0 Å². The lowest BCUT2D eigenvalue weighted by molar-refractivity contribution is -0.383. The molecular weight excluding hydrogens is 262 g/mol. The lowest BCUT2D eigenvalue weighted by Crippen LogP contribution is -2.22. The Kier molecular flexibility index (Phi) is 3.00. The number of rotatable bonds is 2. The largest absolute Gasteiger partial charge is 0.389 e. The van der Waals surface area contributed by atoms with Crippen molar-refractivity contribution in [1.82, 2.24) is 4.98 Å². The Labute approximate surface area is 114 Å². The summed E-state index contributed by atoms with van der Waals surface area (Å²) >= 11 is 0. The van der Waals surface area contributed by atoms with Gasteiger partial charge in [-0.25, -0.2) is 0 Å². The van der Waals surface area contributed by atoms with Crippen LogP contribution in [0.3, 0.4) is 0 Å². The third-order valence-corrected chi connectivity index (χ3v) is 3.57. The van der Waals surface area contributed by atoms with Crippen molar-refractivity contribution in [3.8, 4) is 0 Å². The number of hydrogen-bond acceptors (Lipinski definition) is 6. The molecule has 0 saturated carbocycles. The third-order valence-electron chi connectivity index (χ3n) is 3.57. The van der Waals surface area contributed by atoms with Crippen molar-refractivity contribution < 1.29 is 15.1 Å². The van der Waals surface area contributed by atoms with Crippen LogP contribution in [0.2, 0.25) is 0 Å². The highest BCUT2D eigenvalue weighted by molar-refractivity contribution is 5.99. The Hall–Kier alpha value is -2.25. The molecule has 1 aromatic heterocycles. The van der Waals surface area contributed by atoms with Gasteiger partial charge in [0.1, 0.15) is 0 Å². The van der Waals surface area contributed by atoms with Crippen molar-refractivity contribution in [2.75, 3.05) is 18.0 Å². The van der Waals surface area contributed by atoms with E-state index in [1.807, 2.05) is 4.90 Å². The fourth-order valence-corrected chi connectivity index (χ4v) is 2.56. The van der Waals surface area contributed by atoms with Crippen LogP contribution in [0.5, 0.6) is 0 Å². The number of nitro groups is 1. The molecule has 0 spiro atoms. The molecular formula is C13H13N3O4. The van der Waals surface area contributed by atoms with E-state index in [1.54, 1.807) is 18.3 Å². The Morgan fingerprint density at radius 3 is 2.55 bits per heavy atom. The molecule has 1 aromatic carbocycles. The van der Waals surface area contributed by atoms with Gasteiger partial charge in [-0.05, 0) is 12.1 Å². The van der Waals surface area contributed by atoms with Crippen molar-refractivity contribution in [3.63, 3.8) is 0 Å². The highest BCUT2D eigenvalue weighted by atomic mass is 16.6. The fraction of sp³-hybridized carbons (Fsp3) is 0.308. The van der Waals surface area contributed by atoms with Gasteiger partial charge in [0.05, 0.1) is 22.5 Å². The van der Waals surface area contributed by atoms with Gasteiger partial charge >= 0.3 is 0 Å². The molecule has 0 amide bonds. The second-order valence-corrected chi connectivity index (χ2v) is 4.82. The Bertz CT molecular complexity index is 666. The first-order chi connectivity index (χ1) is 9.58. The molecule has 2 heterocycles. The number of nitro benzene ring substituents is 1. The lowest BCUT2D eigenvalue weighted by Gasteiger charge is -2.19. The number of β-amino-alcohol motifs (C(OH)–C–C–N with tert-alkyl or cyclic N) is 2. The SMILES string of the molecule is O=[N+]([O-])c1ccc(N2CC(O)C(O)C2)c2cnccc12. The van der Waals surface area contributed by atoms with E-state index in [0.29, 0.717) is 23.9 Å². The highest BCUT2D eigenvalue weighted by Gasteiger charge is 2.31. The molecule has 0 bridgehead atoms. The summed E-state index contributed by atoms with van der Waals surface area (Å²) in [6.45, 7) is 0.589. The Morgan fingerprint density at radius 2 is 1.90 bits per heavy atom. The van der Waals surface area contributed by atoms with Crippen LogP contribution < -0.4 is 4.90 Å². The van der Waals surface area contributed by atoms with E-state index in [1.165, 1.54) is 12.3 Å². The van der Waals surface area contributed by atoms with Gasteiger partial charge in [-0.3, -0.25) is 15.1 Å².